The van der Waals surface area contributed by atoms with Gasteiger partial charge in [0, 0.05) is 66.9 Å². The molecule has 3 aliphatic rings. The summed E-state index contributed by atoms with van der Waals surface area (Å²) in [4.78, 5) is 37.2. The van der Waals surface area contributed by atoms with Crippen molar-refractivity contribution in [1.82, 2.24) is 15.6 Å². The second-order valence-electron chi connectivity index (χ2n) is 15.0. The number of carbonyl (C=O) groups is 3. The van der Waals surface area contributed by atoms with E-state index in [1.807, 2.05) is 58.1 Å². The summed E-state index contributed by atoms with van der Waals surface area (Å²) in [6.45, 7) is 8.86. The van der Waals surface area contributed by atoms with Gasteiger partial charge in [0.05, 0.1) is 16.1 Å². The second kappa shape index (κ2) is 23.9. The number of nitrogens with zero attached hydrogens (tertiary/aromatic N) is 3. The first-order valence-electron chi connectivity index (χ1n) is 18.6. The summed E-state index contributed by atoms with van der Waals surface area (Å²) in [5.41, 5.74) is 2.54. The van der Waals surface area contributed by atoms with Crippen LogP contribution in [0.5, 0.6) is 0 Å². The van der Waals surface area contributed by atoms with E-state index in [2.05, 4.69) is 15.2 Å². The smallest absolute Gasteiger partial charge is 0.480 e. The van der Waals surface area contributed by atoms with Crippen LogP contribution in [0.15, 0.2) is 64.3 Å². The molecular formula is C38H54N5Na3O10S2+4. The number of allylic oxidation sites excluding steroid dienone is 6. The van der Waals surface area contributed by atoms with Gasteiger partial charge < -0.3 is 15.7 Å². The molecule has 1 aromatic carbocycles. The number of fused-ring (bicyclic) bond motifs is 3. The van der Waals surface area contributed by atoms with Crippen LogP contribution in [0.4, 0.5) is 5.69 Å². The Kier molecular flexibility index (Phi) is 22.6. The Balaban J connectivity index is 0.00000561. The fraction of sp³-hybridized carbons (Fsp3) is 0.553. The van der Waals surface area contributed by atoms with Gasteiger partial charge in [-0.05, 0) is 90.8 Å². The molecule has 20 heteroatoms. The standard InChI is InChI=1S/C38H53N5O10S2.3Na/c1-27-38(4,21-13-25-54(48,49)50)33-16-8-5-7-15-32-37(2,3)29-26-28(55(51,52)53)18-19-31(29)42(32)23-12-6-9-17-35(45)40-30(36(46)47)14-10-11-22-39-34(44)20-24-43(33)41-27;;;/h5,7-8,15-16,18-19,26,30H,6,9-14,17,20-25H2,1-4H3,(H4-,39,40,44,45,46,47,48,49,50,51,52,53);;;/q;3*+1/p+1. The normalized spacial score (nSPS) is 24.4. The molecule has 15 nitrogen and oxygen atoms in total. The van der Waals surface area contributed by atoms with Gasteiger partial charge >= 0.3 is 94.6 Å². The number of benzene rings is 1. The Morgan fingerprint density at radius 2 is 1.66 bits per heavy atom. The minimum atomic E-state index is -4.45. The maximum absolute atomic E-state index is 12.8. The van der Waals surface area contributed by atoms with E-state index in [-0.39, 0.29) is 138 Å². The van der Waals surface area contributed by atoms with Crippen LogP contribution in [0, 0.1) is 5.41 Å². The third kappa shape index (κ3) is 15.0. The summed E-state index contributed by atoms with van der Waals surface area (Å²) in [7, 11) is -8.61. The molecule has 302 valence electrons. The number of nitrogens with one attached hydrogen (secondary N) is 2. The molecule has 0 fully saturated rings. The maximum Gasteiger partial charge on any atom is 1.00 e. The number of hydrogen-bond acceptors (Lipinski definition) is 9. The van der Waals surface area contributed by atoms with Crippen LogP contribution >= 0.6 is 0 Å². The van der Waals surface area contributed by atoms with Gasteiger partial charge in [0.15, 0.2) is 5.71 Å². The molecule has 58 heavy (non-hydrogen) atoms. The van der Waals surface area contributed by atoms with Crippen LogP contribution in [0.2, 0.25) is 0 Å². The number of carboxylic acids is 1. The number of rotatable bonds is 6. The van der Waals surface area contributed by atoms with Gasteiger partial charge in [0.2, 0.25) is 17.5 Å². The Morgan fingerprint density at radius 3 is 2.31 bits per heavy atom. The van der Waals surface area contributed by atoms with E-state index in [0.29, 0.717) is 51.6 Å². The molecule has 0 spiro atoms. The van der Waals surface area contributed by atoms with Crippen molar-refractivity contribution in [2.45, 2.75) is 108 Å². The zero-order valence-corrected chi connectivity index (χ0v) is 42.6. The molecule has 4 rings (SSSR count). The van der Waals surface area contributed by atoms with E-state index in [9.17, 15) is 45.4 Å². The number of hydrogen-bond donors (Lipinski definition) is 5. The number of carbonyl (C=O) groups excluding carboxylic acids is 2. The molecule has 3 heterocycles. The van der Waals surface area contributed by atoms with Crippen LogP contribution in [-0.2, 0) is 40.0 Å². The molecule has 5 N–H and O–H groups in total. The third-order valence-electron chi connectivity index (χ3n) is 10.6. The number of amides is 2. The van der Waals surface area contributed by atoms with Crippen LogP contribution in [0.1, 0.15) is 97.5 Å². The minimum absolute atomic E-state index is 0. The monoisotopic (exact) mass is 873 g/mol. The molecule has 2 amide bonds. The van der Waals surface area contributed by atoms with Crippen LogP contribution in [0.25, 0.3) is 0 Å². The predicted molar refractivity (Wildman–Crippen MR) is 209 cm³/mol. The summed E-state index contributed by atoms with van der Waals surface area (Å²) in [5, 5.41) is 21.6. The first-order chi connectivity index (χ1) is 25.7. The molecule has 0 aliphatic carbocycles. The van der Waals surface area contributed by atoms with Gasteiger partial charge in [0.1, 0.15) is 12.6 Å². The number of aliphatic carboxylic acids is 1. The molecule has 2 atom stereocenters. The molecule has 0 bridgehead atoms. The van der Waals surface area contributed by atoms with E-state index in [4.69, 9.17) is 5.10 Å². The van der Waals surface area contributed by atoms with Gasteiger partial charge in [0.25, 0.3) is 20.2 Å². The minimum Gasteiger partial charge on any atom is -0.480 e. The molecule has 0 radical (unpaired) electrons. The molecule has 0 saturated heterocycles. The topological polar surface area (TPSA) is 223 Å². The van der Waals surface area contributed by atoms with Crippen molar-refractivity contribution in [2.75, 3.05) is 25.4 Å². The Morgan fingerprint density at radius 1 is 0.948 bits per heavy atom. The van der Waals surface area contributed by atoms with Crippen molar-refractivity contribution in [3.63, 3.8) is 0 Å². The zero-order valence-electron chi connectivity index (χ0n) is 35.0. The first kappa shape index (κ1) is 54.8. The van der Waals surface area contributed by atoms with Gasteiger partial charge in [-0.25, -0.2) is 4.79 Å². The van der Waals surface area contributed by atoms with Gasteiger partial charge in [-0.3, -0.25) is 23.7 Å². The van der Waals surface area contributed by atoms with Crippen LogP contribution < -0.4 is 99.3 Å². The quantitative estimate of drug-likeness (QED) is 0.104. The van der Waals surface area contributed by atoms with Crippen molar-refractivity contribution in [2.24, 2.45) is 10.5 Å². The van der Waals surface area contributed by atoms with Crippen molar-refractivity contribution in [3.05, 3.63) is 59.8 Å². The van der Waals surface area contributed by atoms with Crippen molar-refractivity contribution < 1.29 is 139 Å². The SMILES string of the molecule is CC1=NN2CCC(=O)NCCCCC(C(=O)O)NC(=O)CCCCC[N+]3=C(/C=C/C=C/C=C\2C1(C)CCCS(=O)(=O)O)C(C)(C)c1cc(S(=O)(=O)O)ccc13.[Na+].[Na+].[Na+]. The van der Waals surface area contributed by atoms with E-state index < -0.39 is 48.8 Å². The molecule has 3 aliphatic heterocycles. The van der Waals surface area contributed by atoms with Crippen LogP contribution in [-0.4, -0.2) is 101 Å². The Bertz CT molecular complexity index is 2040. The fourth-order valence-corrected chi connectivity index (χ4v) is 8.36. The zero-order chi connectivity index (χ0) is 40.6. The summed E-state index contributed by atoms with van der Waals surface area (Å²) in [5.74, 6) is -2.09. The van der Waals surface area contributed by atoms with E-state index in [1.54, 1.807) is 11.1 Å². The average Bonchev–Trinajstić information content (AvgIpc) is 3.45. The molecule has 0 saturated carbocycles. The maximum atomic E-state index is 12.8. The molecule has 2 unspecified atom stereocenters. The Hall–Kier alpha value is -1.19. The van der Waals surface area contributed by atoms with Crippen LogP contribution in [0.3, 0.4) is 0 Å². The largest absolute Gasteiger partial charge is 1.00 e. The number of hydrazone groups is 1. The van der Waals surface area contributed by atoms with Gasteiger partial charge in [-0.2, -0.15) is 26.5 Å². The van der Waals surface area contributed by atoms with Crippen molar-refractivity contribution in [1.29, 1.82) is 0 Å². The summed E-state index contributed by atoms with van der Waals surface area (Å²) < 4.78 is 68.4. The predicted octanol–water partition coefficient (Wildman–Crippen LogP) is -4.50. The van der Waals surface area contributed by atoms with Crippen molar-refractivity contribution >= 4 is 55.1 Å². The van der Waals surface area contributed by atoms with Gasteiger partial charge in [-0.1, -0.05) is 18.2 Å². The van der Waals surface area contributed by atoms with E-state index in [0.717, 1.165) is 28.4 Å². The average molecular weight is 874 g/mol. The molecule has 1 aromatic rings. The summed E-state index contributed by atoms with van der Waals surface area (Å²) >= 11 is 0. The third-order valence-corrected chi connectivity index (χ3v) is 12.2. The van der Waals surface area contributed by atoms with Gasteiger partial charge in [-0.15, -0.1) is 0 Å². The Labute approximate surface area is 409 Å². The fourth-order valence-electron chi connectivity index (χ4n) is 7.34. The van der Waals surface area contributed by atoms with Crippen molar-refractivity contribution in [3.8, 4) is 0 Å². The summed E-state index contributed by atoms with van der Waals surface area (Å²) in [6.07, 6.45) is 13.3. The molecule has 0 aromatic heterocycles. The number of carboxylic acid groups (broad SMARTS) is 1. The first-order valence-corrected chi connectivity index (χ1v) is 21.7. The second-order valence-corrected chi connectivity index (χ2v) is 18.0. The van der Waals surface area contributed by atoms with E-state index in [1.165, 1.54) is 12.1 Å². The molecular weight excluding hydrogens is 820 g/mol. The summed E-state index contributed by atoms with van der Waals surface area (Å²) in [6, 6.07) is 3.49. The van der Waals surface area contributed by atoms with E-state index >= 15 is 0 Å².